The van der Waals surface area contributed by atoms with E-state index in [1.165, 1.54) is 5.57 Å². The Balaban J connectivity index is 0.00000461. The molecule has 0 fully saturated rings. The van der Waals surface area contributed by atoms with Gasteiger partial charge in [-0.3, -0.25) is 9.59 Å². The average molecular weight is 629 g/mol. The molecule has 0 aliphatic heterocycles. The number of carbonyl (C=O) groups is 2. The first kappa shape index (κ1) is 34.7. The van der Waals surface area contributed by atoms with E-state index in [0.717, 1.165) is 52.6 Å². The molecule has 0 spiro atoms. The van der Waals surface area contributed by atoms with E-state index < -0.39 is 5.41 Å². The molecule has 1 unspecified atom stereocenters. The fraction of sp³-hybridized carbons (Fsp3) is 0.282. The molecular weight excluding hydrogens is 587 g/mol. The van der Waals surface area contributed by atoms with E-state index in [1.807, 2.05) is 87.5 Å². The molecule has 1 aliphatic rings. The van der Waals surface area contributed by atoms with Crippen molar-refractivity contribution in [2.75, 3.05) is 11.9 Å². The third kappa shape index (κ3) is 7.81. The average Bonchev–Trinajstić information content (AvgIpc) is 3.01. The number of aryl methyl sites for hydroxylation is 1. The van der Waals surface area contributed by atoms with E-state index in [1.54, 1.807) is 12.1 Å². The van der Waals surface area contributed by atoms with Crippen LogP contribution in [0.25, 0.3) is 16.7 Å². The van der Waals surface area contributed by atoms with Crippen LogP contribution in [0.15, 0.2) is 97.1 Å². The predicted octanol–water partition coefficient (Wildman–Crippen LogP) is 8.95. The molecule has 4 aromatic rings. The molecule has 1 atom stereocenters. The molecule has 4 aromatic carbocycles. The van der Waals surface area contributed by atoms with Crippen LogP contribution in [-0.2, 0) is 10.2 Å². The topological polar surface area (TPSA) is 58.2 Å². The van der Waals surface area contributed by atoms with Gasteiger partial charge in [0, 0.05) is 22.8 Å². The van der Waals surface area contributed by atoms with Crippen LogP contribution in [0.1, 0.15) is 79.6 Å². The predicted molar refractivity (Wildman–Crippen MR) is 190 cm³/mol. The zero-order valence-corrected chi connectivity index (χ0v) is 27.0. The molecule has 0 heterocycles. The van der Waals surface area contributed by atoms with Crippen molar-refractivity contribution in [2.45, 2.75) is 59.3 Å². The monoisotopic (exact) mass is 628 g/mol. The van der Waals surface area contributed by atoms with Gasteiger partial charge in [0.15, 0.2) is 0 Å². The first-order valence-electron chi connectivity index (χ1n) is 15.4. The quantitative estimate of drug-likeness (QED) is 0.191. The number of hydrogen-bond acceptors (Lipinski definition) is 2. The molecule has 0 bridgehead atoms. The third-order valence-electron chi connectivity index (χ3n) is 8.94. The molecule has 0 radical (unpaired) electrons. The maximum atomic E-state index is 14.4. The number of carbonyl (C=O) groups excluding carboxylic acids is 2. The van der Waals surface area contributed by atoms with Crippen molar-refractivity contribution in [3.05, 3.63) is 130 Å². The van der Waals surface area contributed by atoms with E-state index in [4.69, 9.17) is 11.6 Å². The zero-order chi connectivity index (χ0) is 31.5. The third-order valence-corrected chi connectivity index (χ3v) is 9.18. The van der Waals surface area contributed by atoms with Gasteiger partial charge in [-0.2, -0.15) is 0 Å². The van der Waals surface area contributed by atoms with Crippen molar-refractivity contribution in [3.63, 3.8) is 0 Å². The minimum atomic E-state index is -1.02. The van der Waals surface area contributed by atoms with Crippen molar-refractivity contribution in [2.24, 2.45) is 5.41 Å². The second kappa shape index (κ2) is 14.5. The summed E-state index contributed by atoms with van der Waals surface area (Å²) in [7, 11) is 0. The molecule has 1 aliphatic carbocycles. The van der Waals surface area contributed by atoms with Crippen LogP contribution in [0.4, 0.5) is 5.69 Å². The molecule has 0 saturated carbocycles. The van der Waals surface area contributed by atoms with Gasteiger partial charge in [-0.15, -0.1) is 0 Å². The van der Waals surface area contributed by atoms with E-state index in [9.17, 15) is 9.59 Å². The molecule has 2 N–H and O–H groups in total. The Morgan fingerprint density at radius 2 is 1.60 bits per heavy atom. The normalized spacial score (nSPS) is 15.2. The van der Waals surface area contributed by atoms with Crippen molar-refractivity contribution in [1.82, 2.24) is 5.32 Å². The van der Waals surface area contributed by atoms with Crippen molar-refractivity contribution in [1.29, 1.82) is 0 Å². The molecular formula is C39H42ClN2NaO2. The van der Waals surface area contributed by atoms with Crippen LogP contribution in [0, 0.1) is 12.3 Å². The Morgan fingerprint density at radius 3 is 2.22 bits per heavy atom. The van der Waals surface area contributed by atoms with Gasteiger partial charge in [0.25, 0.3) is 5.91 Å². The SMILES string of the molecule is CCNC(=O)c1ccc(C(C)(C(=O)Nc2ccc(-c3ccc(Cl)cc3C)cc2)c2cccc(C3=CCC(C)(C)CC3)c2)cc1.[NaH]. The van der Waals surface area contributed by atoms with Gasteiger partial charge < -0.3 is 10.6 Å². The summed E-state index contributed by atoms with van der Waals surface area (Å²) in [6.45, 7) is 11.1. The number of rotatable bonds is 8. The Labute approximate surface area is 295 Å². The molecule has 0 aromatic heterocycles. The molecule has 5 rings (SSSR count). The molecule has 2 amide bonds. The Hall–Kier alpha value is -3.15. The summed E-state index contributed by atoms with van der Waals surface area (Å²) >= 11 is 6.16. The van der Waals surface area contributed by atoms with Crippen LogP contribution in [0.3, 0.4) is 0 Å². The van der Waals surface area contributed by atoms with E-state index in [0.29, 0.717) is 28.2 Å². The van der Waals surface area contributed by atoms with Gasteiger partial charge in [-0.05, 0) is 121 Å². The van der Waals surface area contributed by atoms with Crippen LogP contribution < -0.4 is 10.6 Å². The Kier molecular flexibility index (Phi) is 11.2. The molecule has 0 saturated heterocycles. The number of nitrogens with one attached hydrogen (secondary N) is 2. The van der Waals surface area contributed by atoms with Gasteiger partial charge in [-0.1, -0.05) is 86.1 Å². The van der Waals surface area contributed by atoms with Crippen molar-refractivity contribution in [3.8, 4) is 11.1 Å². The van der Waals surface area contributed by atoms with Gasteiger partial charge in [0.2, 0.25) is 5.91 Å². The molecule has 228 valence electrons. The van der Waals surface area contributed by atoms with Crippen LogP contribution in [-0.4, -0.2) is 47.9 Å². The molecule has 45 heavy (non-hydrogen) atoms. The second-order valence-electron chi connectivity index (χ2n) is 12.7. The van der Waals surface area contributed by atoms with Crippen LogP contribution in [0.2, 0.25) is 5.02 Å². The first-order chi connectivity index (χ1) is 21.0. The number of allylic oxidation sites excluding steroid dienone is 2. The fourth-order valence-electron chi connectivity index (χ4n) is 5.96. The summed E-state index contributed by atoms with van der Waals surface area (Å²) in [5, 5.41) is 6.75. The number of amides is 2. The summed E-state index contributed by atoms with van der Waals surface area (Å²) < 4.78 is 0. The summed E-state index contributed by atoms with van der Waals surface area (Å²) in [6.07, 6.45) is 5.54. The standard InChI is InChI=1S/C39H41ClN2O2.Na.H/c1-6-41-36(43)29-10-14-31(15-11-29)39(5,32-9-7-8-30(25-32)27-20-22-38(3,4)23-21-27)37(44)42-34-17-12-28(13-18-34)35-19-16-33(40)24-26(35)2;;/h7-20,24-25H,6,21-23H2,1-5H3,(H,41,43)(H,42,44);;. The van der Waals surface area contributed by atoms with Crippen LogP contribution in [0.5, 0.6) is 0 Å². The van der Waals surface area contributed by atoms with Gasteiger partial charge in [-0.25, -0.2) is 0 Å². The van der Waals surface area contributed by atoms with Crippen molar-refractivity contribution >= 4 is 64.2 Å². The maximum absolute atomic E-state index is 14.4. The van der Waals surface area contributed by atoms with E-state index in [-0.39, 0.29) is 41.4 Å². The molecule has 4 nitrogen and oxygen atoms in total. The number of anilines is 1. The number of hydrogen-bond donors (Lipinski definition) is 2. The summed E-state index contributed by atoms with van der Waals surface area (Å²) in [4.78, 5) is 26.8. The zero-order valence-electron chi connectivity index (χ0n) is 26.3. The van der Waals surface area contributed by atoms with Crippen molar-refractivity contribution < 1.29 is 9.59 Å². The van der Waals surface area contributed by atoms with Gasteiger partial charge in [0.1, 0.15) is 0 Å². The second-order valence-corrected chi connectivity index (χ2v) is 13.2. The number of halogens is 1. The van der Waals surface area contributed by atoms with Crippen LogP contribution >= 0.6 is 11.6 Å². The Morgan fingerprint density at radius 1 is 0.889 bits per heavy atom. The minimum absolute atomic E-state index is 0. The van der Waals surface area contributed by atoms with Gasteiger partial charge >= 0.3 is 29.6 Å². The fourth-order valence-corrected chi connectivity index (χ4v) is 6.18. The Bertz CT molecular complexity index is 1710. The summed E-state index contributed by atoms with van der Waals surface area (Å²) in [6, 6.07) is 29.5. The summed E-state index contributed by atoms with van der Waals surface area (Å²) in [5.74, 6) is -0.273. The first-order valence-corrected chi connectivity index (χ1v) is 15.7. The van der Waals surface area contributed by atoms with Gasteiger partial charge in [0.05, 0.1) is 5.41 Å². The number of benzene rings is 4. The van der Waals surface area contributed by atoms with E-state index >= 15 is 0 Å². The van der Waals surface area contributed by atoms with E-state index in [2.05, 4.69) is 42.7 Å². The molecule has 6 heteroatoms. The summed E-state index contributed by atoms with van der Waals surface area (Å²) in [5.41, 5.74) is 8.00.